The molecule has 0 saturated heterocycles. The molecule has 0 aliphatic carbocycles. The Morgan fingerprint density at radius 1 is 0.952 bits per heavy atom. The van der Waals surface area contributed by atoms with Crippen LogP contribution in [0.2, 0.25) is 0 Å². The number of hydrogen-bond donors (Lipinski definition) is 1. The van der Waals surface area contributed by atoms with E-state index in [4.69, 9.17) is 0 Å². The zero-order valence-electron chi connectivity index (χ0n) is 12.4. The van der Waals surface area contributed by atoms with Gasteiger partial charge in [-0.1, -0.05) is 80.6 Å². The van der Waals surface area contributed by atoms with Gasteiger partial charge in [0.2, 0.25) is 0 Å². The molecule has 0 saturated carbocycles. The number of benzene rings is 2. The van der Waals surface area contributed by atoms with Crippen LogP contribution in [0.15, 0.2) is 60.7 Å². The van der Waals surface area contributed by atoms with Crippen LogP contribution in [0.25, 0.3) is 6.08 Å². The molecule has 108 valence electrons. The van der Waals surface area contributed by atoms with Crippen LogP contribution in [0.3, 0.4) is 0 Å². The molecule has 0 aliphatic heterocycles. The smallest absolute Gasteiger partial charge is 0.314 e. The minimum absolute atomic E-state index is 0.499. The molecule has 0 aromatic heterocycles. The molecule has 1 N–H and O–H groups in total. The number of carbonyl (C=O) groups is 1. The Bertz CT molecular complexity index is 610. The van der Waals surface area contributed by atoms with E-state index in [1.165, 1.54) is 5.56 Å². The molecular formula is C19H20O2. The third-order valence-electron chi connectivity index (χ3n) is 3.51. The van der Waals surface area contributed by atoms with Gasteiger partial charge in [0.25, 0.3) is 0 Å². The lowest BCUT2D eigenvalue weighted by Crippen LogP contribution is -2.08. The first-order chi connectivity index (χ1) is 10.1. The highest BCUT2D eigenvalue weighted by molar-refractivity contribution is 5.80. The van der Waals surface area contributed by atoms with E-state index in [-0.39, 0.29) is 0 Å². The summed E-state index contributed by atoms with van der Waals surface area (Å²) in [6.07, 6.45) is 3.61. The molecule has 21 heavy (non-hydrogen) atoms. The summed E-state index contributed by atoms with van der Waals surface area (Å²) in [5.74, 6) is -0.952. The van der Waals surface area contributed by atoms with E-state index < -0.39 is 11.9 Å². The van der Waals surface area contributed by atoms with E-state index >= 15 is 0 Å². The highest BCUT2D eigenvalue weighted by Crippen LogP contribution is 2.20. The molecule has 0 fully saturated rings. The first kappa shape index (κ1) is 15.0. The predicted octanol–water partition coefficient (Wildman–Crippen LogP) is 4.69. The Hall–Kier alpha value is -2.35. The highest BCUT2D eigenvalue weighted by atomic mass is 16.4. The minimum atomic E-state index is -0.837. The fraction of sp³-hybridized carbons (Fsp3) is 0.211. The topological polar surface area (TPSA) is 37.3 Å². The van der Waals surface area contributed by atoms with Gasteiger partial charge in [-0.05, 0) is 22.6 Å². The number of carboxylic acid groups (broad SMARTS) is 1. The van der Waals surface area contributed by atoms with Crippen LogP contribution in [0, 0.1) is 0 Å². The molecule has 0 bridgehead atoms. The largest absolute Gasteiger partial charge is 0.481 e. The fourth-order valence-electron chi connectivity index (χ4n) is 2.20. The third-order valence-corrected chi connectivity index (χ3v) is 3.51. The van der Waals surface area contributed by atoms with E-state index in [1.807, 2.05) is 48.5 Å². The van der Waals surface area contributed by atoms with Crippen molar-refractivity contribution in [2.24, 2.45) is 0 Å². The van der Waals surface area contributed by atoms with Crippen molar-refractivity contribution in [3.63, 3.8) is 0 Å². The minimum Gasteiger partial charge on any atom is -0.481 e. The van der Waals surface area contributed by atoms with Crippen LogP contribution in [-0.2, 0) is 4.79 Å². The van der Waals surface area contributed by atoms with Gasteiger partial charge in [-0.15, -0.1) is 0 Å². The maximum Gasteiger partial charge on any atom is 0.314 e. The molecule has 0 aliphatic rings. The SMILES string of the molecule is CC(C)c1ccc(C=CC(C(=O)O)c2ccccc2)cc1. The lowest BCUT2D eigenvalue weighted by Gasteiger charge is -2.08. The number of carboxylic acids is 1. The van der Waals surface area contributed by atoms with Crippen LogP contribution >= 0.6 is 0 Å². The van der Waals surface area contributed by atoms with Gasteiger partial charge in [-0.3, -0.25) is 4.79 Å². The maximum atomic E-state index is 11.4. The Balaban J connectivity index is 2.19. The van der Waals surface area contributed by atoms with Crippen molar-refractivity contribution >= 4 is 12.0 Å². The van der Waals surface area contributed by atoms with E-state index in [0.717, 1.165) is 11.1 Å². The highest BCUT2D eigenvalue weighted by Gasteiger charge is 2.15. The quantitative estimate of drug-likeness (QED) is 0.862. The Morgan fingerprint density at radius 2 is 1.57 bits per heavy atom. The zero-order valence-corrected chi connectivity index (χ0v) is 12.4. The van der Waals surface area contributed by atoms with Crippen molar-refractivity contribution in [3.05, 3.63) is 77.4 Å². The number of rotatable bonds is 5. The first-order valence-electron chi connectivity index (χ1n) is 7.14. The normalized spacial score (nSPS) is 12.7. The molecule has 1 atom stereocenters. The molecule has 0 radical (unpaired) electrons. The molecule has 1 unspecified atom stereocenters. The van der Waals surface area contributed by atoms with Crippen molar-refractivity contribution in [3.8, 4) is 0 Å². The molecule has 2 aromatic carbocycles. The third kappa shape index (κ3) is 4.06. The van der Waals surface area contributed by atoms with Crippen LogP contribution in [-0.4, -0.2) is 11.1 Å². The second-order valence-corrected chi connectivity index (χ2v) is 5.41. The summed E-state index contributed by atoms with van der Waals surface area (Å²) in [6, 6.07) is 17.5. The molecular weight excluding hydrogens is 260 g/mol. The van der Waals surface area contributed by atoms with E-state index in [9.17, 15) is 9.90 Å². The van der Waals surface area contributed by atoms with Gasteiger partial charge >= 0.3 is 5.97 Å². The predicted molar refractivity (Wildman–Crippen MR) is 86.4 cm³/mol. The molecule has 2 nitrogen and oxygen atoms in total. The van der Waals surface area contributed by atoms with E-state index in [1.54, 1.807) is 6.08 Å². The second-order valence-electron chi connectivity index (χ2n) is 5.41. The van der Waals surface area contributed by atoms with Crippen molar-refractivity contribution in [1.29, 1.82) is 0 Å². The summed E-state index contributed by atoms with van der Waals surface area (Å²) in [4.78, 5) is 11.4. The van der Waals surface area contributed by atoms with Crippen molar-refractivity contribution in [2.75, 3.05) is 0 Å². The van der Waals surface area contributed by atoms with Gasteiger partial charge < -0.3 is 5.11 Å². The summed E-state index contributed by atoms with van der Waals surface area (Å²) >= 11 is 0. The summed E-state index contributed by atoms with van der Waals surface area (Å²) in [7, 11) is 0. The van der Waals surface area contributed by atoms with Crippen LogP contribution in [0.5, 0.6) is 0 Å². The Kier molecular flexibility index (Phi) is 4.94. The van der Waals surface area contributed by atoms with Gasteiger partial charge in [0, 0.05) is 0 Å². The van der Waals surface area contributed by atoms with Gasteiger partial charge in [-0.25, -0.2) is 0 Å². The summed E-state index contributed by atoms with van der Waals surface area (Å²) in [5.41, 5.74) is 3.09. The van der Waals surface area contributed by atoms with Crippen LogP contribution in [0.4, 0.5) is 0 Å². The second kappa shape index (κ2) is 6.89. The Labute approximate surface area is 125 Å². The van der Waals surface area contributed by atoms with Crippen molar-refractivity contribution < 1.29 is 9.90 Å². The molecule has 2 rings (SSSR count). The van der Waals surface area contributed by atoms with Crippen molar-refractivity contribution in [2.45, 2.75) is 25.7 Å². The molecule has 0 spiro atoms. The summed E-state index contributed by atoms with van der Waals surface area (Å²) in [5, 5.41) is 9.37. The molecule has 2 heteroatoms. The van der Waals surface area contributed by atoms with Crippen molar-refractivity contribution in [1.82, 2.24) is 0 Å². The first-order valence-corrected chi connectivity index (χ1v) is 7.14. The standard InChI is InChI=1S/C19H20O2/c1-14(2)16-11-8-15(9-12-16)10-13-18(19(20)21)17-6-4-3-5-7-17/h3-14,18H,1-2H3,(H,20,21). The molecule has 2 aromatic rings. The lowest BCUT2D eigenvalue weighted by atomic mass is 9.97. The van der Waals surface area contributed by atoms with Gasteiger partial charge in [0.1, 0.15) is 5.92 Å². The molecule has 0 amide bonds. The van der Waals surface area contributed by atoms with Gasteiger partial charge in [0.15, 0.2) is 0 Å². The number of hydrogen-bond acceptors (Lipinski definition) is 1. The molecule has 0 heterocycles. The Morgan fingerprint density at radius 3 is 2.10 bits per heavy atom. The summed E-state index contributed by atoms with van der Waals surface area (Å²) in [6.45, 7) is 4.31. The van der Waals surface area contributed by atoms with Gasteiger partial charge in [-0.2, -0.15) is 0 Å². The average molecular weight is 280 g/mol. The average Bonchev–Trinajstić information content (AvgIpc) is 2.48. The fourth-order valence-corrected chi connectivity index (χ4v) is 2.20. The van der Waals surface area contributed by atoms with Gasteiger partial charge in [0.05, 0.1) is 0 Å². The van der Waals surface area contributed by atoms with Crippen LogP contribution in [0.1, 0.15) is 42.4 Å². The number of aliphatic carboxylic acids is 1. The lowest BCUT2D eigenvalue weighted by molar-refractivity contribution is -0.137. The maximum absolute atomic E-state index is 11.4. The van der Waals surface area contributed by atoms with E-state index in [0.29, 0.717) is 5.92 Å². The van der Waals surface area contributed by atoms with Crippen LogP contribution < -0.4 is 0 Å². The zero-order chi connectivity index (χ0) is 15.2. The van der Waals surface area contributed by atoms with E-state index in [2.05, 4.69) is 26.0 Å². The summed E-state index contributed by atoms with van der Waals surface area (Å²) < 4.78 is 0. The monoisotopic (exact) mass is 280 g/mol.